The average molecular weight is 344 g/mol. The fourth-order valence-electron chi connectivity index (χ4n) is 3.00. The number of nitrogens with one attached hydrogen (secondary N) is 1. The molecule has 0 aliphatic carbocycles. The first-order valence-electron chi connectivity index (χ1n) is 8.46. The zero-order chi connectivity index (χ0) is 17.0. The van der Waals surface area contributed by atoms with Gasteiger partial charge in [0.25, 0.3) is 5.91 Å². The molecule has 2 aromatic rings. The van der Waals surface area contributed by atoms with Gasteiger partial charge in [0.05, 0.1) is 6.54 Å². The molecular weight excluding hydrogens is 320 g/mol. The Kier molecular flexibility index (Phi) is 5.21. The zero-order valence-corrected chi connectivity index (χ0v) is 14.8. The van der Waals surface area contributed by atoms with E-state index in [1.165, 1.54) is 36.3 Å². The molecule has 1 fully saturated rings. The fourth-order valence-corrected chi connectivity index (χ4v) is 3.79. The predicted molar refractivity (Wildman–Crippen MR) is 98.7 cm³/mol. The summed E-state index contributed by atoms with van der Waals surface area (Å²) in [6, 6.07) is 11.5. The van der Waals surface area contributed by atoms with Gasteiger partial charge in [-0.2, -0.15) is 0 Å². The Morgan fingerprint density at radius 2 is 1.92 bits per heavy atom. The molecule has 1 atom stereocenters. The van der Waals surface area contributed by atoms with Crippen LogP contribution >= 0.6 is 11.3 Å². The number of nitrogens with zero attached hydrogens (tertiary/aromatic N) is 1. The lowest BCUT2D eigenvalue weighted by Gasteiger charge is -2.28. The van der Waals surface area contributed by atoms with Crippen LogP contribution in [0.15, 0.2) is 41.8 Å². The van der Waals surface area contributed by atoms with Gasteiger partial charge in [-0.3, -0.25) is 4.79 Å². The summed E-state index contributed by atoms with van der Waals surface area (Å²) in [6.07, 6.45) is 3.78. The van der Waals surface area contributed by atoms with Crippen LogP contribution in [-0.4, -0.2) is 30.6 Å². The molecule has 24 heavy (non-hydrogen) atoms. The molecule has 1 saturated heterocycles. The van der Waals surface area contributed by atoms with Gasteiger partial charge in [-0.1, -0.05) is 6.07 Å². The van der Waals surface area contributed by atoms with Crippen molar-refractivity contribution in [3.05, 3.63) is 52.2 Å². The summed E-state index contributed by atoms with van der Waals surface area (Å²) in [6.45, 7) is 4.10. The minimum Gasteiger partial charge on any atom is -0.383 e. The van der Waals surface area contributed by atoms with Gasteiger partial charge in [0.15, 0.2) is 0 Å². The SMILES string of the molecule is CC(O)(CNC(=O)c1ccc(N2CCCCC2)cc1)c1cccs1. The van der Waals surface area contributed by atoms with Crippen LogP contribution in [0.2, 0.25) is 0 Å². The van der Waals surface area contributed by atoms with E-state index in [-0.39, 0.29) is 12.5 Å². The molecule has 0 spiro atoms. The van der Waals surface area contributed by atoms with Crippen molar-refractivity contribution in [1.29, 1.82) is 0 Å². The molecule has 0 saturated carbocycles. The minimum absolute atomic E-state index is 0.156. The Hall–Kier alpha value is -1.85. The summed E-state index contributed by atoms with van der Waals surface area (Å²) >= 11 is 1.49. The van der Waals surface area contributed by atoms with Crippen molar-refractivity contribution >= 4 is 22.9 Å². The molecule has 3 rings (SSSR count). The Labute approximate surface area is 147 Å². The molecule has 2 heterocycles. The van der Waals surface area contributed by atoms with Gasteiger partial charge in [0, 0.05) is 29.2 Å². The van der Waals surface area contributed by atoms with E-state index in [1.807, 2.05) is 41.8 Å². The zero-order valence-electron chi connectivity index (χ0n) is 14.0. The standard InChI is InChI=1S/C19H24N2O2S/c1-19(23,17-6-5-13-24-17)14-20-18(22)15-7-9-16(10-8-15)21-11-3-2-4-12-21/h5-10,13,23H,2-4,11-12,14H2,1H3,(H,20,22). The molecule has 1 unspecified atom stereocenters. The van der Waals surface area contributed by atoms with E-state index < -0.39 is 5.60 Å². The number of thiophene rings is 1. The van der Waals surface area contributed by atoms with E-state index >= 15 is 0 Å². The van der Waals surface area contributed by atoms with Crippen LogP contribution in [0.3, 0.4) is 0 Å². The second-order valence-corrected chi connectivity index (χ2v) is 7.48. The molecule has 1 aliphatic heterocycles. The summed E-state index contributed by atoms with van der Waals surface area (Å²) in [4.78, 5) is 15.5. The Balaban J connectivity index is 1.59. The largest absolute Gasteiger partial charge is 0.383 e. The van der Waals surface area contributed by atoms with Crippen molar-refractivity contribution in [2.24, 2.45) is 0 Å². The summed E-state index contributed by atoms with van der Waals surface area (Å²) in [7, 11) is 0. The molecule has 2 N–H and O–H groups in total. The van der Waals surface area contributed by atoms with Gasteiger partial charge in [-0.25, -0.2) is 0 Å². The van der Waals surface area contributed by atoms with E-state index in [4.69, 9.17) is 0 Å². The molecule has 0 radical (unpaired) electrons. The number of carbonyl (C=O) groups is 1. The maximum Gasteiger partial charge on any atom is 0.251 e. The number of hydrogen-bond donors (Lipinski definition) is 2. The van der Waals surface area contributed by atoms with E-state index in [0.29, 0.717) is 5.56 Å². The number of carbonyl (C=O) groups excluding carboxylic acids is 1. The monoisotopic (exact) mass is 344 g/mol. The van der Waals surface area contributed by atoms with Gasteiger partial charge in [-0.05, 0) is 61.9 Å². The van der Waals surface area contributed by atoms with Crippen LogP contribution in [0.4, 0.5) is 5.69 Å². The maximum atomic E-state index is 12.3. The summed E-state index contributed by atoms with van der Waals surface area (Å²) in [5.74, 6) is -0.156. The number of benzene rings is 1. The highest BCUT2D eigenvalue weighted by atomic mass is 32.1. The number of anilines is 1. The highest BCUT2D eigenvalue weighted by molar-refractivity contribution is 7.10. The smallest absolute Gasteiger partial charge is 0.251 e. The Morgan fingerprint density at radius 3 is 2.54 bits per heavy atom. The molecule has 0 bridgehead atoms. The third-order valence-electron chi connectivity index (χ3n) is 4.50. The van der Waals surface area contributed by atoms with Crippen LogP contribution in [0.25, 0.3) is 0 Å². The van der Waals surface area contributed by atoms with Gasteiger partial charge < -0.3 is 15.3 Å². The van der Waals surface area contributed by atoms with Crippen LogP contribution in [0.1, 0.15) is 41.4 Å². The van der Waals surface area contributed by atoms with Crippen LogP contribution < -0.4 is 10.2 Å². The highest BCUT2D eigenvalue weighted by Gasteiger charge is 2.25. The Morgan fingerprint density at radius 1 is 1.21 bits per heavy atom. The average Bonchev–Trinajstić information content (AvgIpc) is 3.16. The summed E-state index contributed by atoms with van der Waals surface area (Å²) in [5.41, 5.74) is 0.756. The van der Waals surface area contributed by atoms with Gasteiger partial charge in [0.1, 0.15) is 5.60 Å². The van der Waals surface area contributed by atoms with Crippen LogP contribution in [0.5, 0.6) is 0 Å². The van der Waals surface area contributed by atoms with Crippen molar-refractivity contribution in [3.63, 3.8) is 0 Å². The lowest BCUT2D eigenvalue weighted by atomic mass is 10.0. The van der Waals surface area contributed by atoms with Gasteiger partial charge >= 0.3 is 0 Å². The van der Waals surface area contributed by atoms with Crippen molar-refractivity contribution in [2.75, 3.05) is 24.5 Å². The highest BCUT2D eigenvalue weighted by Crippen LogP contribution is 2.24. The van der Waals surface area contributed by atoms with Crippen LogP contribution in [0, 0.1) is 0 Å². The second kappa shape index (κ2) is 7.36. The number of amides is 1. The number of rotatable bonds is 5. The fraction of sp³-hybridized carbons (Fsp3) is 0.421. The number of aliphatic hydroxyl groups is 1. The molecule has 4 nitrogen and oxygen atoms in total. The van der Waals surface area contributed by atoms with E-state index in [9.17, 15) is 9.90 Å². The normalized spacial score (nSPS) is 17.3. The van der Waals surface area contributed by atoms with Crippen molar-refractivity contribution in [1.82, 2.24) is 5.32 Å². The van der Waals surface area contributed by atoms with Crippen molar-refractivity contribution in [2.45, 2.75) is 31.8 Å². The van der Waals surface area contributed by atoms with Gasteiger partial charge in [0.2, 0.25) is 0 Å². The van der Waals surface area contributed by atoms with Gasteiger partial charge in [-0.15, -0.1) is 11.3 Å². The Bertz CT molecular complexity index is 659. The van der Waals surface area contributed by atoms with E-state index in [2.05, 4.69) is 10.2 Å². The van der Waals surface area contributed by atoms with Crippen molar-refractivity contribution in [3.8, 4) is 0 Å². The van der Waals surface area contributed by atoms with E-state index in [0.717, 1.165) is 18.0 Å². The second-order valence-electron chi connectivity index (χ2n) is 6.53. The van der Waals surface area contributed by atoms with Crippen molar-refractivity contribution < 1.29 is 9.90 Å². The van der Waals surface area contributed by atoms with E-state index in [1.54, 1.807) is 6.92 Å². The molecule has 1 aromatic carbocycles. The quantitative estimate of drug-likeness (QED) is 0.874. The molecule has 5 heteroatoms. The maximum absolute atomic E-state index is 12.3. The summed E-state index contributed by atoms with van der Waals surface area (Å²) < 4.78 is 0. The first-order valence-corrected chi connectivity index (χ1v) is 9.34. The topological polar surface area (TPSA) is 52.6 Å². The molecule has 128 valence electrons. The van der Waals surface area contributed by atoms with Crippen LogP contribution in [-0.2, 0) is 5.60 Å². The third-order valence-corrected chi connectivity index (χ3v) is 5.62. The molecular formula is C19H24N2O2S. The lowest BCUT2D eigenvalue weighted by Crippen LogP contribution is -2.38. The molecule has 1 aromatic heterocycles. The molecule has 1 aliphatic rings. The summed E-state index contributed by atoms with van der Waals surface area (Å²) in [5, 5.41) is 15.2. The first kappa shape index (κ1) is 17.0. The minimum atomic E-state index is -1.04. The third kappa shape index (κ3) is 3.97. The lowest BCUT2D eigenvalue weighted by molar-refractivity contribution is 0.0557. The number of piperidine rings is 1. The predicted octanol–water partition coefficient (Wildman–Crippen LogP) is 3.38. The first-order chi connectivity index (χ1) is 11.6. The number of hydrogen-bond acceptors (Lipinski definition) is 4. The molecule has 1 amide bonds.